The molecule has 0 N–H and O–H groups in total. The number of hydrogen-bond acceptors (Lipinski definition) is 2. The maximum Gasteiger partial charge on any atom is 0.184 e. The van der Waals surface area contributed by atoms with Gasteiger partial charge >= 0.3 is 0 Å². The number of carbonyl (C=O) groups excluding carboxylic acids is 1. The molecule has 3 heteroatoms. The van der Waals surface area contributed by atoms with Crippen LogP contribution in [0.25, 0.3) is 11.1 Å². The van der Waals surface area contributed by atoms with Gasteiger partial charge in [-0.15, -0.1) is 0 Å². The van der Waals surface area contributed by atoms with Gasteiger partial charge in [0, 0.05) is 10.0 Å². The average Bonchev–Trinajstić information content (AvgIpc) is 2.78. The third kappa shape index (κ3) is 3.81. The van der Waals surface area contributed by atoms with E-state index in [2.05, 4.69) is 22.0 Å². The average molecular weight is 442 g/mol. The molecule has 0 radical (unpaired) electrons. The van der Waals surface area contributed by atoms with Crippen LogP contribution in [-0.4, -0.2) is 5.78 Å². The molecule has 3 aromatic carbocycles. The van der Waals surface area contributed by atoms with Crippen LogP contribution in [0.3, 0.4) is 0 Å². The Hall–Kier alpha value is -2.96. The van der Waals surface area contributed by atoms with Crippen LogP contribution < -0.4 is 0 Å². The molecule has 2 nitrogen and oxygen atoms in total. The van der Waals surface area contributed by atoms with Crippen LogP contribution in [0.4, 0.5) is 0 Å². The first-order valence-electron chi connectivity index (χ1n) is 9.67. The van der Waals surface area contributed by atoms with Crippen LogP contribution in [0, 0.1) is 16.7 Å². The van der Waals surface area contributed by atoms with Crippen LogP contribution in [0.5, 0.6) is 0 Å². The topological polar surface area (TPSA) is 40.9 Å². The zero-order valence-corrected chi connectivity index (χ0v) is 17.5. The fourth-order valence-corrected chi connectivity index (χ4v) is 4.32. The van der Waals surface area contributed by atoms with Gasteiger partial charge in [-0.3, -0.25) is 4.79 Å². The molecule has 29 heavy (non-hydrogen) atoms. The normalized spacial score (nSPS) is 19.1. The number of allylic oxidation sites excluding steroid dienone is 2. The highest BCUT2D eigenvalue weighted by molar-refractivity contribution is 9.10. The van der Waals surface area contributed by atoms with Crippen LogP contribution in [-0.2, 0) is 11.2 Å². The van der Waals surface area contributed by atoms with Crippen molar-refractivity contribution in [2.24, 2.45) is 5.41 Å². The second-order valence-electron chi connectivity index (χ2n) is 7.41. The molecule has 0 amide bonds. The number of rotatable bonds is 4. The van der Waals surface area contributed by atoms with E-state index in [9.17, 15) is 10.1 Å². The van der Waals surface area contributed by atoms with E-state index >= 15 is 0 Å². The lowest BCUT2D eigenvalue weighted by molar-refractivity contribution is -0.120. The third-order valence-corrected chi connectivity index (χ3v) is 6.11. The minimum atomic E-state index is -1.04. The third-order valence-electron chi connectivity index (χ3n) is 5.58. The molecule has 0 heterocycles. The summed E-state index contributed by atoms with van der Waals surface area (Å²) < 4.78 is 0.985. The Morgan fingerprint density at radius 1 is 0.862 bits per heavy atom. The monoisotopic (exact) mass is 441 g/mol. The van der Waals surface area contributed by atoms with Gasteiger partial charge in [-0.2, -0.15) is 5.26 Å². The Morgan fingerprint density at radius 3 is 2.03 bits per heavy atom. The molecule has 0 saturated carbocycles. The fraction of sp³-hybridized carbons (Fsp3) is 0.154. The second kappa shape index (κ2) is 8.19. The van der Waals surface area contributed by atoms with Gasteiger partial charge < -0.3 is 0 Å². The van der Waals surface area contributed by atoms with E-state index in [1.165, 1.54) is 0 Å². The van der Waals surface area contributed by atoms with Crippen molar-refractivity contribution in [1.29, 1.82) is 5.26 Å². The van der Waals surface area contributed by atoms with Gasteiger partial charge in [-0.05, 0) is 53.7 Å². The van der Waals surface area contributed by atoms with Gasteiger partial charge in [-0.1, -0.05) is 88.7 Å². The summed E-state index contributed by atoms with van der Waals surface area (Å²) in [5.74, 6) is -0.0702. The van der Waals surface area contributed by atoms with Crippen molar-refractivity contribution in [3.05, 3.63) is 106 Å². The van der Waals surface area contributed by atoms with Crippen molar-refractivity contribution in [3.63, 3.8) is 0 Å². The van der Waals surface area contributed by atoms with Gasteiger partial charge in [0.25, 0.3) is 0 Å². The van der Waals surface area contributed by atoms with Crippen molar-refractivity contribution in [2.75, 3.05) is 0 Å². The Balaban J connectivity index is 1.83. The summed E-state index contributed by atoms with van der Waals surface area (Å²) in [6.07, 6.45) is 1.65. The van der Waals surface area contributed by atoms with Crippen molar-refractivity contribution >= 4 is 32.9 Å². The van der Waals surface area contributed by atoms with E-state index < -0.39 is 5.41 Å². The number of carbonyl (C=O) groups is 1. The molecule has 1 aliphatic carbocycles. The van der Waals surface area contributed by atoms with E-state index in [0.717, 1.165) is 26.7 Å². The minimum absolute atomic E-state index is 0.0702. The molecular formula is C26H20BrNO. The highest BCUT2D eigenvalue weighted by Crippen LogP contribution is 2.45. The number of halogens is 1. The molecule has 1 aliphatic rings. The Kier molecular flexibility index (Phi) is 5.47. The summed E-state index contributed by atoms with van der Waals surface area (Å²) in [5, 5.41) is 10.1. The molecule has 4 rings (SSSR count). The molecule has 3 aromatic rings. The number of nitriles is 1. The molecule has 0 aliphatic heterocycles. The molecule has 0 saturated heterocycles. The van der Waals surface area contributed by atoms with E-state index in [0.29, 0.717) is 24.8 Å². The van der Waals surface area contributed by atoms with Crippen molar-refractivity contribution < 1.29 is 4.79 Å². The summed E-state index contributed by atoms with van der Waals surface area (Å²) in [4.78, 5) is 13.8. The zero-order valence-electron chi connectivity index (χ0n) is 15.9. The largest absolute Gasteiger partial charge is 0.292 e. The van der Waals surface area contributed by atoms with Gasteiger partial charge in [0.2, 0.25) is 0 Å². The number of nitrogens with zero attached hydrogens (tertiary/aromatic N) is 1. The molecule has 0 fully saturated rings. The van der Waals surface area contributed by atoms with Crippen LogP contribution in [0.2, 0.25) is 0 Å². The van der Waals surface area contributed by atoms with E-state index in [-0.39, 0.29) is 5.78 Å². The SMILES string of the molecule is N#C[C@]1(Cc2ccc(Br)cc2)CCC(c2ccccc2)=C(c2ccccc2)C1=O. The quantitative estimate of drug-likeness (QED) is 0.464. The zero-order chi connectivity index (χ0) is 20.3. The number of Topliss-reactive ketones (excluding diaryl/α,β-unsaturated/α-hetero) is 1. The van der Waals surface area contributed by atoms with Gasteiger partial charge in [0.1, 0.15) is 5.41 Å². The maximum atomic E-state index is 13.8. The Morgan fingerprint density at radius 2 is 1.45 bits per heavy atom. The molecule has 0 spiro atoms. The fourth-order valence-electron chi connectivity index (χ4n) is 4.06. The molecule has 0 aromatic heterocycles. The number of ketones is 1. The Labute approximate surface area is 179 Å². The molecule has 1 atom stereocenters. The first-order chi connectivity index (χ1) is 14.1. The lowest BCUT2D eigenvalue weighted by atomic mass is 9.66. The lowest BCUT2D eigenvalue weighted by Crippen LogP contribution is -2.36. The van der Waals surface area contributed by atoms with E-state index in [1.54, 1.807) is 0 Å². The van der Waals surface area contributed by atoms with Gasteiger partial charge in [0.05, 0.1) is 6.07 Å². The summed E-state index contributed by atoms with van der Waals surface area (Å²) >= 11 is 3.45. The summed E-state index contributed by atoms with van der Waals surface area (Å²) in [6.45, 7) is 0. The summed E-state index contributed by atoms with van der Waals surface area (Å²) in [7, 11) is 0. The predicted molar refractivity (Wildman–Crippen MR) is 120 cm³/mol. The molecule has 0 bridgehead atoms. The van der Waals surface area contributed by atoms with E-state index in [1.807, 2.05) is 84.9 Å². The minimum Gasteiger partial charge on any atom is -0.292 e. The molecule has 0 unspecified atom stereocenters. The standard InChI is InChI=1S/C26H20BrNO/c27-22-13-11-19(12-14-22)17-26(18-28)16-15-23(20-7-3-1-4-8-20)24(25(26)29)21-9-5-2-6-10-21/h1-14H,15-17H2/t26-/m1/s1. The molecular weight excluding hydrogens is 422 g/mol. The van der Waals surface area contributed by atoms with Crippen molar-refractivity contribution in [1.82, 2.24) is 0 Å². The predicted octanol–water partition coefficient (Wildman–Crippen LogP) is 6.48. The Bertz CT molecular complexity index is 1090. The van der Waals surface area contributed by atoms with Crippen LogP contribution >= 0.6 is 15.9 Å². The number of benzene rings is 3. The number of hydrogen-bond donors (Lipinski definition) is 0. The highest BCUT2D eigenvalue weighted by Gasteiger charge is 2.44. The summed E-state index contributed by atoms with van der Waals surface area (Å²) in [6, 6.07) is 30.1. The van der Waals surface area contributed by atoms with Crippen LogP contribution in [0.15, 0.2) is 89.4 Å². The summed E-state index contributed by atoms with van der Waals surface area (Å²) in [5.41, 5.74) is 3.60. The smallest absolute Gasteiger partial charge is 0.184 e. The van der Waals surface area contributed by atoms with Gasteiger partial charge in [-0.25, -0.2) is 0 Å². The molecule has 142 valence electrons. The maximum absolute atomic E-state index is 13.8. The van der Waals surface area contributed by atoms with Gasteiger partial charge in [0.15, 0.2) is 5.78 Å². The first kappa shape index (κ1) is 19.4. The highest BCUT2D eigenvalue weighted by atomic mass is 79.9. The lowest BCUT2D eigenvalue weighted by Gasteiger charge is -2.33. The van der Waals surface area contributed by atoms with Crippen molar-refractivity contribution in [3.8, 4) is 6.07 Å². The second-order valence-corrected chi connectivity index (χ2v) is 8.33. The van der Waals surface area contributed by atoms with Crippen molar-refractivity contribution in [2.45, 2.75) is 19.3 Å². The first-order valence-corrected chi connectivity index (χ1v) is 10.5. The van der Waals surface area contributed by atoms with E-state index in [4.69, 9.17) is 0 Å². The van der Waals surface area contributed by atoms with Crippen LogP contribution in [0.1, 0.15) is 29.5 Å².